The number of hydrogen-bond donors (Lipinski definition) is 1. The molecule has 1 aliphatic carbocycles. The number of rotatable bonds is 1. The van der Waals surface area contributed by atoms with E-state index in [0.29, 0.717) is 12.1 Å². The Labute approximate surface area is 86.5 Å². The standard InChI is InChI=1S/C12H21NO/c13-11-6-4-10(5-7-11)9-12-3-1-2-8-14-12/h9,11-12H,1-8,13H2. The van der Waals surface area contributed by atoms with Crippen LogP contribution in [-0.4, -0.2) is 18.8 Å². The van der Waals surface area contributed by atoms with Crippen LogP contribution in [0.5, 0.6) is 0 Å². The molecule has 1 atom stereocenters. The van der Waals surface area contributed by atoms with Crippen molar-refractivity contribution in [3.63, 3.8) is 0 Å². The van der Waals surface area contributed by atoms with Crippen molar-refractivity contribution in [1.82, 2.24) is 0 Å². The summed E-state index contributed by atoms with van der Waals surface area (Å²) in [6.45, 7) is 0.952. The van der Waals surface area contributed by atoms with Crippen molar-refractivity contribution in [3.8, 4) is 0 Å². The van der Waals surface area contributed by atoms with E-state index in [-0.39, 0.29) is 0 Å². The van der Waals surface area contributed by atoms with E-state index in [2.05, 4.69) is 6.08 Å². The molecule has 0 spiro atoms. The molecule has 0 amide bonds. The molecule has 14 heavy (non-hydrogen) atoms. The highest BCUT2D eigenvalue weighted by molar-refractivity contribution is 5.09. The van der Waals surface area contributed by atoms with Gasteiger partial charge in [-0.15, -0.1) is 0 Å². The summed E-state index contributed by atoms with van der Waals surface area (Å²) >= 11 is 0. The molecule has 1 unspecified atom stereocenters. The highest BCUT2D eigenvalue weighted by Gasteiger charge is 2.16. The van der Waals surface area contributed by atoms with Gasteiger partial charge in [-0.25, -0.2) is 0 Å². The van der Waals surface area contributed by atoms with E-state index in [1.807, 2.05) is 0 Å². The smallest absolute Gasteiger partial charge is 0.0758 e. The number of hydrogen-bond acceptors (Lipinski definition) is 2. The Morgan fingerprint density at radius 2 is 1.93 bits per heavy atom. The maximum absolute atomic E-state index is 5.87. The maximum Gasteiger partial charge on any atom is 0.0758 e. The Kier molecular flexibility index (Phi) is 3.60. The summed E-state index contributed by atoms with van der Waals surface area (Å²) in [6, 6.07) is 0.444. The Morgan fingerprint density at radius 3 is 2.57 bits per heavy atom. The van der Waals surface area contributed by atoms with Crippen molar-refractivity contribution in [3.05, 3.63) is 11.6 Å². The second-order valence-corrected chi connectivity index (χ2v) is 4.57. The molecule has 2 N–H and O–H groups in total. The van der Waals surface area contributed by atoms with Crippen molar-refractivity contribution in [1.29, 1.82) is 0 Å². The van der Waals surface area contributed by atoms with Crippen LogP contribution in [0, 0.1) is 0 Å². The molecule has 2 nitrogen and oxygen atoms in total. The average Bonchev–Trinajstić information content (AvgIpc) is 2.23. The van der Waals surface area contributed by atoms with Gasteiger partial charge < -0.3 is 10.5 Å². The third-order valence-electron chi connectivity index (χ3n) is 3.31. The van der Waals surface area contributed by atoms with Crippen LogP contribution < -0.4 is 5.73 Å². The van der Waals surface area contributed by atoms with Crippen LogP contribution in [0.3, 0.4) is 0 Å². The summed E-state index contributed by atoms with van der Waals surface area (Å²) in [6.07, 6.45) is 11.3. The summed E-state index contributed by atoms with van der Waals surface area (Å²) in [4.78, 5) is 0. The van der Waals surface area contributed by atoms with Gasteiger partial charge in [0.2, 0.25) is 0 Å². The summed E-state index contributed by atoms with van der Waals surface area (Å²) in [5, 5.41) is 0. The minimum atomic E-state index is 0.410. The molecule has 1 aliphatic heterocycles. The Bertz CT molecular complexity index is 196. The van der Waals surface area contributed by atoms with Gasteiger partial charge in [-0.05, 0) is 44.9 Å². The van der Waals surface area contributed by atoms with Crippen molar-refractivity contribution < 1.29 is 4.74 Å². The van der Waals surface area contributed by atoms with Gasteiger partial charge >= 0.3 is 0 Å². The minimum Gasteiger partial charge on any atom is -0.374 e. The fourth-order valence-corrected chi connectivity index (χ4v) is 2.34. The van der Waals surface area contributed by atoms with Crippen molar-refractivity contribution in [2.45, 2.75) is 57.1 Å². The normalized spacial score (nSPS) is 34.2. The highest BCUT2D eigenvalue weighted by Crippen LogP contribution is 2.25. The summed E-state index contributed by atoms with van der Waals surface area (Å²) < 4.78 is 5.70. The largest absolute Gasteiger partial charge is 0.374 e. The first-order valence-electron chi connectivity index (χ1n) is 5.91. The fraction of sp³-hybridized carbons (Fsp3) is 0.833. The van der Waals surface area contributed by atoms with E-state index in [1.165, 1.54) is 44.9 Å². The number of nitrogens with two attached hydrogens (primary N) is 1. The third-order valence-corrected chi connectivity index (χ3v) is 3.31. The molecule has 0 aromatic rings. The van der Waals surface area contributed by atoms with E-state index < -0.39 is 0 Å². The monoisotopic (exact) mass is 195 g/mol. The highest BCUT2D eigenvalue weighted by atomic mass is 16.5. The SMILES string of the molecule is NC1CCC(=CC2CCCCO2)CC1. The number of ether oxygens (including phenoxy) is 1. The summed E-state index contributed by atoms with van der Waals surface area (Å²) in [5.41, 5.74) is 7.45. The van der Waals surface area contributed by atoms with Gasteiger partial charge in [-0.2, -0.15) is 0 Å². The molecule has 2 heteroatoms. The molecule has 2 fully saturated rings. The molecular formula is C12H21NO. The van der Waals surface area contributed by atoms with Gasteiger partial charge in [0.25, 0.3) is 0 Å². The van der Waals surface area contributed by atoms with Gasteiger partial charge in [0.1, 0.15) is 0 Å². The first-order chi connectivity index (χ1) is 6.84. The van der Waals surface area contributed by atoms with Crippen molar-refractivity contribution in [2.24, 2.45) is 5.73 Å². The molecule has 80 valence electrons. The first kappa shape index (κ1) is 10.2. The second kappa shape index (κ2) is 4.94. The van der Waals surface area contributed by atoms with E-state index in [4.69, 9.17) is 10.5 Å². The number of allylic oxidation sites excluding steroid dienone is 1. The van der Waals surface area contributed by atoms with Crippen molar-refractivity contribution in [2.75, 3.05) is 6.61 Å². The lowest BCUT2D eigenvalue weighted by Gasteiger charge is -2.24. The fourth-order valence-electron chi connectivity index (χ4n) is 2.34. The molecule has 1 heterocycles. The topological polar surface area (TPSA) is 35.2 Å². The van der Waals surface area contributed by atoms with Crippen LogP contribution in [0.25, 0.3) is 0 Å². The van der Waals surface area contributed by atoms with Crippen LogP contribution >= 0.6 is 0 Å². The average molecular weight is 195 g/mol. The minimum absolute atomic E-state index is 0.410. The Morgan fingerprint density at radius 1 is 1.14 bits per heavy atom. The van der Waals surface area contributed by atoms with Gasteiger partial charge in [-0.3, -0.25) is 0 Å². The lowest BCUT2D eigenvalue weighted by Crippen LogP contribution is -2.24. The Balaban J connectivity index is 1.83. The summed E-state index contributed by atoms with van der Waals surface area (Å²) in [7, 11) is 0. The zero-order valence-electron chi connectivity index (χ0n) is 8.87. The third kappa shape index (κ3) is 2.82. The van der Waals surface area contributed by atoms with E-state index in [9.17, 15) is 0 Å². The molecule has 2 rings (SSSR count). The van der Waals surface area contributed by atoms with Gasteiger partial charge in [-0.1, -0.05) is 11.6 Å². The quantitative estimate of drug-likeness (QED) is 0.652. The van der Waals surface area contributed by atoms with Crippen molar-refractivity contribution >= 4 is 0 Å². The predicted octanol–water partition coefficient (Wildman–Crippen LogP) is 2.38. The van der Waals surface area contributed by atoms with Gasteiger partial charge in [0, 0.05) is 12.6 Å². The van der Waals surface area contributed by atoms with Gasteiger partial charge in [0.15, 0.2) is 0 Å². The zero-order chi connectivity index (χ0) is 9.80. The predicted molar refractivity (Wildman–Crippen MR) is 58.1 cm³/mol. The molecule has 0 aromatic heterocycles. The van der Waals surface area contributed by atoms with Gasteiger partial charge in [0.05, 0.1) is 6.10 Å². The molecule has 0 radical (unpaired) electrons. The van der Waals surface area contributed by atoms with Crippen LogP contribution in [0.4, 0.5) is 0 Å². The lowest BCUT2D eigenvalue weighted by atomic mass is 9.90. The van der Waals surface area contributed by atoms with Crippen LogP contribution in [0.1, 0.15) is 44.9 Å². The molecular weight excluding hydrogens is 174 g/mol. The van der Waals surface area contributed by atoms with Crippen LogP contribution in [0.15, 0.2) is 11.6 Å². The molecule has 1 saturated heterocycles. The van der Waals surface area contributed by atoms with E-state index in [1.54, 1.807) is 5.57 Å². The second-order valence-electron chi connectivity index (χ2n) is 4.57. The Hall–Kier alpha value is -0.340. The maximum atomic E-state index is 5.87. The first-order valence-corrected chi connectivity index (χ1v) is 5.91. The van der Waals surface area contributed by atoms with Crippen LogP contribution in [-0.2, 0) is 4.74 Å². The van der Waals surface area contributed by atoms with E-state index >= 15 is 0 Å². The van der Waals surface area contributed by atoms with E-state index in [0.717, 1.165) is 6.61 Å². The molecule has 0 aromatic carbocycles. The molecule has 2 aliphatic rings. The lowest BCUT2D eigenvalue weighted by molar-refractivity contribution is 0.0458. The van der Waals surface area contributed by atoms with Crippen LogP contribution in [0.2, 0.25) is 0 Å². The summed E-state index contributed by atoms with van der Waals surface area (Å²) in [5.74, 6) is 0. The molecule has 1 saturated carbocycles. The zero-order valence-corrected chi connectivity index (χ0v) is 8.87. The molecule has 0 bridgehead atoms.